The molecule has 0 saturated carbocycles. The first-order chi connectivity index (χ1) is 8.27. The number of fused-ring (bicyclic) bond motifs is 1. The van der Waals surface area contributed by atoms with Crippen LogP contribution in [-0.4, -0.2) is 53.6 Å². The average molecular weight is 254 g/mol. The van der Waals surface area contributed by atoms with Gasteiger partial charge in [-0.3, -0.25) is 9.69 Å². The van der Waals surface area contributed by atoms with Crippen LogP contribution in [0.2, 0.25) is 0 Å². The van der Waals surface area contributed by atoms with Crippen LogP contribution in [-0.2, 0) is 9.53 Å². The van der Waals surface area contributed by atoms with Gasteiger partial charge < -0.3 is 9.64 Å². The third-order valence-corrected chi connectivity index (χ3v) is 4.21. The van der Waals surface area contributed by atoms with E-state index in [9.17, 15) is 9.59 Å². The molecule has 0 spiro atoms. The largest absolute Gasteiger partial charge is 0.380 e. The van der Waals surface area contributed by atoms with Crippen molar-refractivity contribution in [3.05, 3.63) is 0 Å². The molecule has 18 heavy (non-hydrogen) atoms. The molecule has 102 valence electrons. The van der Waals surface area contributed by atoms with Gasteiger partial charge in [0.25, 0.3) is 5.91 Å². The van der Waals surface area contributed by atoms with E-state index >= 15 is 0 Å². The molecule has 0 aromatic carbocycles. The lowest BCUT2D eigenvalue weighted by Gasteiger charge is -2.33. The summed E-state index contributed by atoms with van der Waals surface area (Å²) < 4.78 is 5.24. The Hall–Kier alpha value is -1.10. The van der Waals surface area contributed by atoms with E-state index in [0.29, 0.717) is 13.0 Å². The third kappa shape index (κ3) is 1.90. The predicted molar refractivity (Wildman–Crippen MR) is 67.1 cm³/mol. The summed E-state index contributed by atoms with van der Waals surface area (Å²) in [5, 5.41) is 0. The highest BCUT2D eigenvalue weighted by Gasteiger charge is 2.53. The van der Waals surface area contributed by atoms with E-state index in [4.69, 9.17) is 4.74 Å². The number of amides is 3. The van der Waals surface area contributed by atoms with Crippen molar-refractivity contribution in [3.63, 3.8) is 0 Å². The fraction of sp³-hybridized carbons (Fsp3) is 0.846. The van der Waals surface area contributed by atoms with Crippen LogP contribution in [0.5, 0.6) is 0 Å². The summed E-state index contributed by atoms with van der Waals surface area (Å²) in [5.74, 6) is -0.0676. The summed E-state index contributed by atoms with van der Waals surface area (Å²) in [6.07, 6.45) is 0.615. The van der Waals surface area contributed by atoms with Gasteiger partial charge in [-0.15, -0.1) is 0 Å². The first-order valence-corrected chi connectivity index (χ1v) is 6.44. The zero-order valence-corrected chi connectivity index (χ0v) is 11.8. The van der Waals surface area contributed by atoms with Gasteiger partial charge in [-0.05, 0) is 12.3 Å². The molecular weight excluding hydrogens is 232 g/mol. The number of hydrogen-bond donors (Lipinski definition) is 0. The van der Waals surface area contributed by atoms with Crippen molar-refractivity contribution >= 4 is 11.9 Å². The normalized spacial score (nSPS) is 30.1. The molecule has 2 rings (SSSR count). The maximum Gasteiger partial charge on any atom is 0.327 e. The number of nitrogens with zero attached hydrogens (tertiary/aromatic N) is 2. The van der Waals surface area contributed by atoms with E-state index in [0.717, 1.165) is 0 Å². The van der Waals surface area contributed by atoms with Gasteiger partial charge in [-0.2, -0.15) is 0 Å². The highest BCUT2D eigenvalue weighted by molar-refractivity contribution is 6.05. The second-order valence-corrected chi connectivity index (χ2v) is 6.29. The second kappa shape index (κ2) is 4.23. The van der Waals surface area contributed by atoms with Crippen molar-refractivity contribution in [2.75, 3.05) is 13.7 Å². The van der Waals surface area contributed by atoms with Gasteiger partial charge in [0, 0.05) is 26.1 Å². The van der Waals surface area contributed by atoms with E-state index in [1.807, 2.05) is 27.7 Å². The van der Waals surface area contributed by atoms with Crippen LogP contribution in [0.1, 0.15) is 34.1 Å². The van der Waals surface area contributed by atoms with E-state index in [2.05, 4.69) is 0 Å². The molecule has 2 aliphatic heterocycles. The molecule has 3 atom stereocenters. The lowest BCUT2D eigenvalue weighted by atomic mass is 9.87. The Morgan fingerprint density at radius 2 is 1.94 bits per heavy atom. The Kier molecular flexibility index (Phi) is 3.13. The van der Waals surface area contributed by atoms with Crippen molar-refractivity contribution in [2.24, 2.45) is 5.41 Å². The van der Waals surface area contributed by atoms with Crippen molar-refractivity contribution in [1.29, 1.82) is 0 Å². The Morgan fingerprint density at radius 3 is 2.39 bits per heavy atom. The van der Waals surface area contributed by atoms with Gasteiger partial charge >= 0.3 is 6.03 Å². The summed E-state index contributed by atoms with van der Waals surface area (Å²) in [5.41, 5.74) is -0.105. The summed E-state index contributed by atoms with van der Waals surface area (Å²) in [4.78, 5) is 27.8. The number of ether oxygens (including phenoxy) is 1. The highest BCUT2D eigenvalue weighted by atomic mass is 16.5. The van der Waals surface area contributed by atoms with Crippen LogP contribution in [0, 0.1) is 5.41 Å². The van der Waals surface area contributed by atoms with Crippen molar-refractivity contribution in [1.82, 2.24) is 9.80 Å². The molecule has 2 saturated heterocycles. The second-order valence-electron chi connectivity index (χ2n) is 6.29. The number of urea groups is 1. The number of methoxy groups -OCH3 is 1. The number of rotatable bonds is 2. The molecule has 0 aliphatic carbocycles. The summed E-state index contributed by atoms with van der Waals surface area (Å²) >= 11 is 0. The SMILES string of the molecule is CO[C@@H]1C[C@@H]2C(=O)N([C@@H](C)C(C)(C)C)C(=O)N2C1. The van der Waals surface area contributed by atoms with Gasteiger partial charge in [0.1, 0.15) is 6.04 Å². The summed E-state index contributed by atoms with van der Waals surface area (Å²) in [7, 11) is 1.62. The van der Waals surface area contributed by atoms with Crippen molar-refractivity contribution < 1.29 is 14.3 Å². The predicted octanol–water partition coefficient (Wildman–Crippen LogP) is 1.47. The average Bonchev–Trinajstić information content (AvgIpc) is 2.78. The number of imide groups is 1. The van der Waals surface area contributed by atoms with Gasteiger partial charge in [0.2, 0.25) is 0 Å². The molecule has 2 aliphatic rings. The quantitative estimate of drug-likeness (QED) is 0.701. The molecular formula is C13H22N2O3. The van der Waals surface area contributed by atoms with Crippen LogP contribution in [0.3, 0.4) is 0 Å². The van der Waals surface area contributed by atoms with Gasteiger partial charge in [0.15, 0.2) is 0 Å². The lowest BCUT2D eigenvalue weighted by molar-refractivity contribution is -0.130. The minimum absolute atomic E-state index is 0.00464. The van der Waals surface area contributed by atoms with E-state index in [1.54, 1.807) is 12.0 Å². The standard InChI is InChI=1S/C13H22N2O3/c1-8(13(2,3)4)15-11(16)10-6-9(18-5)7-14(10)12(15)17/h8-10H,6-7H2,1-5H3/t8-,9+,10+/m0/s1. The molecule has 0 bridgehead atoms. The smallest absolute Gasteiger partial charge is 0.327 e. The number of carbonyl (C=O) groups is 2. The topological polar surface area (TPSA) is 49.9 Å². The van der Waals surface area contributed by atoms with Crippen LogP contribution >= 0.6 is 0 Å². The maximum atomic E-state index is 12.4. The van der Waals surface area contributed by atoms with E-state index in [-0.39, 0.29) is 35.5 Å². The number of carbonyl (C=O) groups excluding carboxylic acids is 2. The van der Waals surface area contributed by atoms with Crippen LogP contribution < -0.4 is 0 Å². The summed E-state index contributed by atoms with van der Waals surface area (Å²) in [6, 6.07) is -0.566. The molecule has 0 unspecified atom stereocenters. The molecule has 5 nitrogen and oxygen atoms in total. The zero-order valence-electron chi connectivity index (χ0n) is 11.8. The van der Waals surface area contributed by atoms with Crippen molar-refractivity contribution in [3.8, 4) is 0 Å². The lowest BCUT2D eigenvalue weighted by Crippen LogP contribution is -2.47. The first kappa shape index (κ1) is 13.3. The Bertz CT molecular complexity index is 351. The zero-order chi connectivity index (χ0) is 13.7. The van der Waals surface area contributed by atoms with Gasteiger partial charge in [-0.1, -0.05) is 20.8 Å². The van der Waals surface area contributed by atoms with Crippen molar-refractivity contribution in [2.45, 2.75) is 52.3 Å². The molecule has 0 aromatic rings. The first-order valence-electron chi connectivity index (χ1n) is 6.44. The fourth-order valence-electron chi connectivity index (χ4n) is 2.55. The minimum atomic E-state index is -0.313. The van der Waals surface area contributed by atoms with Crippen LogP contribution in [0.25, 0.3) is 0 Å². The molecule has 3 amide bonds. The molecule has 0 aromatic heterocycles. The Labute approximate surface area is 108 Å². The number of hydrogen-bond acceptors (Lipinski definition) is 3. The summed E-state index contributed by atoms with van der Waals surface area (Å²) in [6.45, 7) is 8.59. The molecule has 2 heterocycles. The third-order valence-electron chi connectivity index (χ3n) is 4.21. The van der Waals surface area contributed by atoms with E-state index in [1.165, 1.54) is 4.90 Å². The molecule has 2 fully saturated rings. The molecule has 0 radical (unpaired) electrons. The molecule has 5 heteroatoms. The Morgan fingerprint density at radius 1 is 1.33 bits per heavy atom. The van der Waals surface area contributed by atoms with Crippen LogP contribution in [0.15, 0.2) is 0 Å². The highest BCUT2D eigenvalue weighted by Crippen LogP contribution is 2.34. The fourth-order valence-corrected chi connectivity index (χ4v) is 2.55. The van der Waals surface area contributed by atoms with Gasteiger partial charge in [0.05, 0.1) is 6.10 Å². The minimum Gasteiger partial charge on any atom is -0.380 e. The van der Waals surface area contributed by atoms with Crippen LogP contribution in [0.4, 0.5) is 4.79 Å². The molecule has 0 N–H and O–H groups in total. The Balaban J connectivity index is 2.19. The maximum absolute atomic E-state index is 12.4. The monoisotopic (exact) mass is 254 g/mol. The van der Waals surface area contributed by atoms with Gasteiger partial charge in [-0.25, -0.2) is 4.79 Å². The van der Waals surface area contributed by atoms with E-state index < -0.39 is 0 Å².